The zero-order valence-corrected chi connectivity index (χ0v) is 25.0. The minimum absolute atomic E-state index is 0.396. The second-order valence-corrected chi connectivity index (χ2v) is 18.9. The summed E-state index contributed by atoms with van der Waals surface area (Å²) in [7, 11) is -1.45. The molecule has 1 aromatic carbocycles. The molecule has 0 saturated carbocycles. The molecule has 7 heteroatoms. The average molecular weight is 534 g/mol. The fourth-order valence-electron chi connectivity index (χ4n) is 5.46. The van der Waals surface area contributed by atoms with Crippen LogP contribution in [0, 0.1) is 0 Å². The van der Waals surface area contributed by atoms with E-state index in [0.717, 1.165) is 23.2 Å². The van der Waals surface area contributed by atoms with Gasteiger partial charge >= 0.3 is 0 Å². The van der Waals surface area contributed by atoms with Crippen molar-refractivity contribution in [1.29, 1.82) is 0 Å². The Hall–Kier alpha value is -2.70. The van der Waals surface area contributed by atoms with Gasteiger partial charge in [-0.05, 0) is 64.9 Å². The van der Waals surface area contributed by atoms with Crippen LogP contribution in [0.1, 0.15) is 59.9 Å². The fourth-order valence-corrected chi connectivity index (χ4v) is 10.3. The minimum atomic E-state index is -1.45. The van der Waals surface area contributed by atoms with Crippen LogP contribution in [0.4, 0.5) is 5.82 Å². The van der Waals surface area contributed by atoms with Crippen LogP contribution < -0.4 is 5.73 Å². The number of imidazole rings is 1. The number of aromatic nitrogens is 4. The van der Waals surface area contributed by atoms with E-state index in [0.29, 0.717) is 32.5 Å². The molecule has 0 radical (unpaired) electrons. The highest BCUT2D eigenvalue weighted by Crippen LogP contribution is 2.53. The first-order chi connectivity index (χ1) is 17.3. The molecule has 0 atom stereocenters. The first-order valence-electron chi connectivity index (χ1n) is 13.2. The Morgan fingerprint density at radius 1 is 0.892 bits per heavy atom. The smallest absolute Gasteiger partial charge is 0.166 e. The predicted molar refractivity (Wildman–Crippen MR) is 160 cm³/mol. The maximum atomic E-state index is 6.26. The zero-order chi connectivity index (χ0) is 27.0. The van der Waals surface area contributed by atoms with Gasteiger partial charge in [-0.2, -0.15) is 0 Å². The van der Waals surface area contributed by atoms with Crippen molar-refractivity contribution in [2.45, 2.75) is 83.5 Å². The fraction of sp³-hybridized carbons (Fsp3) is 0.433. The van der Waals surface area contributed by atoms with Crippen molar-refractivity contribution in [1.82, 2.24) is 19.5 Å². The molecule has 0 amide bonds. The van der Waals surface area contributed by atoms with E-state index in [9.17, 15) is 0 Å². The molecule has 0 bridgehead atoms. The number of hydrogen-bond donors (Lipinski definition) is 1. The van der Waals surface area contributed by atoms with E-state index in [4.69, 9.17) is 22.3 Å². The molecular formula is C30H40ClN5Si. The molecule has 0 unspecified atom stereocenters. The monoisotopic (exact) mass is 533 g/mol. The van der Waals surface area contributed by atoms with Crippen molar-refractivity contribution in [2.75, 3.05) is 5.73 Å². The van der Waals surface area contributed by atoms with Gasteiger partial charge in [-0.15, -0.1) is 0 Å². The summed E-state index contributed by atoms with van der Waals surface area (Å²) in [5, 5.41) is 1.22. The minimum Gasteiger partial charge on any atom is -0.383 e. The zero-order valence-electron chi connectivity index (χ0n) is 23.3. The van der Waals surface area contributed by atoms with Crippen LogP contribution in [0.25, 0.3) is 28.2 Å². The van der Waals surface area contributed by atoms with Crippen LogP contribution in [-0.4, -0.2) is 27.6 Å². The Balaban J connectivity index is 1.56. The Morgan fingerprint density at radius 2 is 1.57 bits per heavy atom. The number of benzene rings is 1. The SMILES string of the molecule is CC(C)(C)[Si](C)(CCCCc1ccc(-n2c(-c3cccnc3N)nc3ccc(Cl)nc32)cc1)C(C)(C)C. The van der Waals surface area contributed by atoms with E-state index in [1.54, 1.807) is 12.3 Å². The van der Waals surface area contributed by atoms with Gasteiger partial charge in [0.2, 0.25) is 0 Å². The van der Waals surface area contributed by atoms with E-state index < -0.39 is 8.07 Å². The van der Waals surface area contributed by atoms with Gasteiger partial charge in [-0.1, -0.05) is 84.3 Å². The third kappa shape index (κ3) is 5.46. The Labute approximate surface area is 227 Å². The van der Waals surface area contributed by atoms with Gasteiger partial charge in [0.05, 0.1) is 13.6 Å². The maximum Gasteiger partial charge on any atom is 0.166 e. The summed E-state index contributed by atoms with van der Waals surface area (Å²) in [6, 6.07) is 17.5. The summed E-state index contributed by atoms with van der Waals surface area (Å²) in [5.74, 6) is 1.14. The van der Waals surface area contributed by atoms with Gasteiger partial charge in [0.25, 0.3) is 0 Å². The van der Waals surface area contributed by atoms with Crippen LogP contribution in [0.2, 0.25) is 27.8 Å². The summed E-state index contributed by atoms with van der Waals surface area (Å²) in [6.07, 6.45) is 5.24. The van der Waals surface area contributed by atoms with Crippen molar-refractivity contribution in [3.63, 3.8) is 0 Å². The topological polar surface area (TPSA) is 69.6 Å². The first-order valence-corrected chi connectivity index (χ1v) is 16.3. The molecule has 3 heterocycles. The summed E-state index contributed by atoms with van der Waals surface area (Å²) < 4.78 is 2.02. The molecule has 4 aromatic rings. The lowest BCUT2D eigenvalue weighted by Gasteiger charge is -2.50. The van der Waals surface area contributed by atoms with Gasteiger partial charge in [0.1, 0.15) is 16.5 Å². The van der Waals surface area contributed by atoms with E-state index in [1.807, 2.05) is 22.8 Å². The molecule has 2 N–H and O–H groups in total. The molecule has 0 spiro atoms. The number of nitrogens with two attached hydrogens (primary N) is 1. The maximum absolute atomic E-state index is 6.26. The van der Waals surface area contributed by atoms with Crippen molar-refractivity contribution in [2.24, 2.45) is 0 Å². The summed E-state index contributed by atoms with van der Waals surface area (Å²) in [4.78, 5) is 13.7. The van der Waals surface area contributed by atoms with E-state index in [1.165, 1.54) is 24.4 Å². The van der Waals surface area contributed by atoms with Gasteiger partial charge < -0.3 is 5.73 Å². The number of rotatable bonds is 7. The molecule has 0 aliphatic rings. The molecule has 0 saturated heterocycles. The van der Waals surface area contributed by atoms with Crippen LogP contribution in [0.15, 0.2) is 54.7 Å². The quantitative estimate of drug-likeness (QED) is 0.146. The number of anilines is 1. The van der Waals surface area contributed by atoms with Crippen LogP contribution in [0.3, 0.4) is 0 Å². The first kappa shape index (κ1) is 27.3. The molecule has 0 fully saturated rings. The highest BCUT2D eigenvalue weighted by molar-refractivity contribution is 6.83. The van der Waals surface area contributed by atoms with Crippen molar-refractivity contribution >= 4 is 36.7 Å². The number of halogens is 1. The number of pyridine rings is 2. The molecule has 0 aliphatic carbocycles. The molecule has 4 rings (SSSR count). The van der Waals surface area contributed by atoms with E-state index >= 15 is 0 Å². The van der Waals surface area contributed by atoms with Crippen molar-refractivity contribution in [3.8, 4) is 17.1 Å². The number of nitrogen functional groups attached to an aromatic ring is 1. The number of hydrogen-bond acceptors (Lipinski definition) is 4. The standard InChI is InChI=1S/C30H40ClN5Si/c1-29(2,3)37(7,30(4,5)6)20-9-8-11-21-13-15-22(16-14-21)36-27(23-12-10-19-33-26(23)32)34-24-17-18-25(31)35-28(24)36/h10,12-19H,8-9,11,20H2,1-7H3,(H2,32,33). The number of fused-ring (bicyclic) bond motifs is 1. The second kappa shape index (κ2) is 10.2. The summed E-state index contributed by atoms with van der Waals surface area (Å²) in [5.41, 5.74) is 10.8. The number of aryl methyl sites for hydroxylation is 1. The largest absolute Gasteiger partial charge is 0.383 e. The molecule has 5 nitrogen and oxygen atoms in total. The van der Waals surface area contributed by atoms with E-state index in [-0.39, 0.29) is 0 Å². The normalized spacial score (nSPS) is 12.9. The van der Waals surface area contributed by atoms with Gasteiger partial charge in [-0.3, -0.25) is 4.57 Å². The number of unbranched alkanes of at least 4 members (excludes halogenated alkanes) is 1. The molecular weight excluding hydrogens is 494 g/mol. The summed E-state index contributed by atoms with van der Waals surface area (Å²) in [6.45, 7) is 17.3. The Morgan fingerprint density at radius 3 is 2.19 bits per heavy atom. The lowest BCUT2D eigenvalue weighted by atomic mass is 10.1. The summed E-state index contributed by atoms with van der Waals surface area (Å²) >= 11 is 6.26. The molecule has 196 valence electrons. The number of nitrogens with zero attached hydrogens (tertiary/aromatic N) is 4. The predicted octanol–water partition coefficient (Wildman–Crippen LogP) is 8.72. The third-order valence-electron chi connectivity index (χ3n) is 8.45. The van der Waals surface area contributed by atoms with Gasteiger partial charge in [0.15, 0.2) is 11.5 Å². The highest BCUT2D eigenvalue weighted by atomic mass is 35.5. The van der Waals surface area contributed by atoms with Gasteiger partial charge in [0, 0.05) is 11.9 Å². The lowest BCUT2D eigenvalue weighted by Crippen LogP contribution is -2.48. The van der Waals surface area contributed by atoms with Crippen LogP contribution in [0.5, 0.6) is 0 Å². The average Bonchev–Trinajstić information content (AvgIpc) is 3.19. The lowest BCUT2D eigenvalue weighted by molar-refractivity contribution is 0.599. The van der Waals surface area contributed by atoms with E-state index in [2.05, 4.69) is 82.3 Å². The third-order valence-corrected chi connectivity index (χ3v) is 16.6. The van der Waals surface area contributed by atoms with Crippen LogP contribution >= 0.6 is 11.6 Å². The highest BCUT2D eigenvalue weighted by Gasteiger charge is 2.47. The van der Waals surface area contributed by atoms with Crippen molar-refractivity contribution in [3.05, 3.63) is 65.4 Å². The van der Waals surface area contributed by atoms with Crippen molar-refractivity contribution < 1.29 is 0 Å². The van der Waals surface area contributed by atoms with Crippen LogP contribution in [-0.2, 0) is 6.42 Å². The molecule has 37 heavy (non-hydrogen) atoms. The molecule has 0 aliphatic heterocycles. The Bertz CT molecular complexity index is 1370. The second-order valence-electron chi connectivity index (χ2n) is 12.4. The van der Waals surface area contributed by atoms with Gasteiger partial charge in [-0.25, -0.2) is 15.0 Å². The molecule has 3 aromatic heterocycles. The Kier molecular flexibility index (Phi) is 7.55.